The first kappa shape index (κ1) is 15.8. The Kier molecular flexibility index (Phi) is 5.25. The average molecular weight is 287 g/mol. The van der Waals surface area contributed by atoms with E-state index in [-0.39, 0.29) is 23.4 Å². The van der Waals surface area contributed by atoms with E-state index in [0.29, 0.717) is 19.7 Å². The lowest BCUT2D eigenvalue weighted by molar-refractivity contribution is -0.152. The Labute approximate surface area is 118 Å². The molecule has 0 radical (unpaired) electrons. The summed E-state index contributed by atoms with van der Waals surface area (Å²) in [5, 5.41) is 2.70. The van der Waals surface area contributed by atoms with Crippen molar-refractivity contribution in [2.45, 2.75) is 26.8 Å². The standard InChI is InChI=1S/C12H21N3O3S/c1-4-14-9(16)8-7-18-6-5-15(8)11(17)12(2,3)10(13)19/h8H,4-7H2,1-3H3,(H2,13,19)(H,14,16). The summed E-state index contributed by atoms with van der Waals surface area (Å²) < 4.78 is 5.28. The number of thiocarbonyl (C=S) groups is 1. The highest BCUT2D eigenvalue weighted by Crippen LogP contribution is 2.22. The fourth-order valence-corrected chi connectivity index (χ4v) is 1.91. The summed E-state index contributed by atoms with van der Waals surface area (Å²) in [7, 11) is 0. The molecule has 0 aromatic carbocycles. The third kappa shape index (κ3) is 3.42. The first-order chi connectivity index (χ1) is 8.82. The fraction of sp³-hybridized carbons (Fsp3) is 0.750. The number of rotatable bonds is 4. The molecule has 1 aliphatic rings. The zero-order valence-corrected chi connectivity index (χ0v) is 12.4. The van der Waals surface area contributed by atoms with Gasteiger partial charge in [0.05, 0.1) is 23.6 Å². The second-order valence-corrected chi connectivity index (χ2v) is 5.41. The van der Waals surface area contributed by atoms with Gasteiger partial charge in [-0.25, -0.2) is 0 Å². The van der Waals surface area contributed by atoms with Gasteiger partial charge in [0, 0.05) is 13.1 Å². The Bertz CT molecular complexity index is 384. The Balaban J connectivity index is 2.91. The number of hydrogen-bond acceptors (Lipinski definition) is 4. The van der Waals surface area contributed by atoms with Crippen LogP contribution in [0.1, 0.15) is 20.8 Å². The first-order valence-corrected chi connectivity index (χ1v) is 6.69. The number of amides is 2. The van der Waals surface area contributed by atoms with Crippen LogP contribution in [0, 0.1) is 5.41 Å². The van der Waals surface area contributed by atoms with E-state index in [0.717, 1.165) is 0 Å². The molecular formula is C12H21N3O3S. The van der Waals surface area contributed by atoms with Crippen molar-refractivity contribution in [3.05, 3.63) is 0 Å². The highest BCUT2D eigenvalue weighted by molar-refractivity contribution is 7.80. The van der Waals surface area contributed by atoms with Crippen molar-refractivity contribution in [3.63, 3.8) is 0 Å². The minimum atomic E-state index is -0.961. The Hall–Kier alpha value is -1.21. The van der Waals surface area contributed by atoms with Crippen molar-refractivity contribution in [1.29, 1.82) is 0 Å². The van der Waals surface area contributed by atoms with E-state index in [1.54, 1.807) is 13.8 Å². The Morgan fingerprint density at radius 2 is 2.16 bits per heavy atom. The molecule has 1 rings (SSSR count). The number of carbonyl (C=O) groups is 2. The highest BCUT2D eigenvalue weighted by atomic mass is 32.1. The van der Waals surface area contributed by atoms with Crippen LogP contribution in [0.4, 0.5) is 0 Å². The number of nitrogens with zero attached hydrogens (tertiary/aromatic N) is 1. The second-order valence-electron chi connectivity index (χ2n) is 4.97. The summed E-state index contributed by atoms with van der Waals surface area (Å²) in [6, 6.07) is -0.616. The van der Waals surface area contributed by atoms with Gasteiger partial charge in [0.1, 0.15) is 6.04 Å². The molecule has 3 N–H and O–H groups in total. The first-order valence-electron chi connectivity index (χ1n) is 6.28. The molecule has 0 spiro atoms. The van der Waals surface area contributed by atoms with Gasteiger partial charge in [-0.2, -0.15) is 0 Å². The quantitative estimate of drug-likeness (QED) is 0.691. The predicted octanol–water partition coefficient (Wildman–Crippen LogP) is -0.338. The summed E-state index contributed by atoms with van der Waals surface area (Å²) in [4.78, 5) is 26.1. The summed E-state index contributed by atoms with van der Waals surface area (Å²) in [5.74, 6) is -0.450. The van der Waals surface area contributed by atoms with Gasteiger partial charge in [-0.3, -0.25) is 9.59 Å². The van der Waals surface area contributed by atoms with E-state index in [1.165, 1.54) is 4.90 Å². The second kappa shape index (κ2) is 6.29. The number of morpholine rings is 1. The van der Waals surface area contributed by atoms with Crippen LogP contribution in [0.25, 0.3) is 0 Å². The van der Waals surface area contributed by atoms with Crippen molar-refractivity contribution in [2.75, 3.05) is 26.3 Å². The molecule has 2 amide bonds. The number of likely N-dealkylation sites (N-methyl/N-ethyl adjacent to an activating group) is 1. The summed E-state index contributed by atoms with van der Waals surface area (Å²) in [6.45, 7) is 6.65. The molecule has 0 aromatic rings. The molecule has 108 valence electrons. The molecule has 19 heavy (non-hydrogen) atoms. The minimum Gasteiger partial charge on any atom is -0.392 e. The van der Waals surface area contributed by atoms with Crippen molar-refractivity contribution >= 4 is 29.0 Å². The van der Waals surface area contributed by atoms with E-state index >= 15 is 0 Å². The summed E-state index contributed by atoms with van der Waals surface area (Å²) in [5.41, 5.74) is 4.65. The predicted molar refractivity (Wildman–Crippen MR) is 75.6 cm³/mol. The van der Waals surface area contributed by atoms with Crippen molar-refractivity contribution < 1.29 is 14.3 Å². The molecule has 1 saturated heterocycles. The lowest BCUT2D eigenvalue weighted by Gasteiger charge is -2.38. The Morgan fingerprint density at radius 1 is 1.53 bits per heavy atom. The van der Waals surface area contributed by atoms with Gasteiger partial charge < -0.3 is 20.7 Å². The third-order valence-corrected chi connectivity index (χ3v) is 3.70. The minimum absolute atomic E-state index is 0.124. The molecule has 0 bridgehead atoms. The van der Waals surface area contributed by atoms with Gasteiger partial charge in [0.2, 0.25) is 11.8 Å². The zero-order valence-electron chi connectivity index (χ0n) is 11.6. The topological polar surface area (TPSA) is 84.7 Å². The van der Waals surface area contributed by atoms with Crippen LogP contribution in [0.2, 0.25) is 0 Å². The Morgan fingerprint density at radius 3 is 2.68 bits per heavy atom. The number of ether oxygens (including phenoxy) is 1. The highest BCUT2D eigenvalue weighted by Gasteiger charge is 2.41. The van der Waals surface area contributed by atoms with Crippen LogP contribution in [0.3, 0.4) is 0 Å². The van der Waals surface area contributed by atoms with Gasteiger partial charge in [-0.15, -0.1) is 0 Å². The van der Waals surface area contributed by atoms with Crippen molar-refractivity contribution in [2.24, 2.45) is 11.1 Å². The monoisotopic (exact) mass is 287 g/mol. The molecule has 6 nitrogen and oxygen atoms in total. The van der Waals surface area contributed by atoms with E-state index in [1.807, 2.05) is 6.92 Å². The van der Waals surface area contributed by atoms with E-state index in [4.69, 9.17) is 22.7 Å². The number of nitrogens with one attached hydrogen (secondary N) is 1. The van der Waals surface area contributed by atoms with Crippen LogP contribution < -0.4 is 11.1 Å². The molecule has 1 atom stereocenters. The summed E-state index contributed by atoms with van der Waals surface area (Å²) >= 11 is 4.93. The molecule has 7 heteroatoms. The van der Waals surface area contributed by atoms with Gasteiger partial charge in [0.25, 0.3) is 0 Å². The van der Waals surface area contributed by atoms with Gasteiger partial charge in [-0.05, 0) is 20.8 Å². The van der Waals surface area contributed by atoms with Crippen LogP contribution in [0.5, 0.6) is 0 Å². The number of nitrogens with two attached hydrogens (primary N) is 1. The van der Waals surface area contributed by atoms with Gasteiger partial charge in [0.15, 0.2) is 0 Å². The molecular weight excluding hydrogens is 266 g/mol. The van der Waals surface area contributed by atoms with Crippen LogP contribution >= 0.6 is 12.2 Å². The smallest absolute Gasteiger partial charge is 0.245 e. The molecule has 0 aromatic heterocycles. The largest absolute Gasteiger partial charge is 0.392 e. The zero-order chi connectivity index (χ0) is 14.6. The summed E-state index contributed by atoms with van der Waals surface area (Å²) in [6.07, 6.45) is 0. The maximum Gasteiger partial charge on any atom is 0.245 e. The van der Waals surface area contributed by atoms with E-state index in [2.05, 4.69) is 5.32 Å². The molecule has 1 aliphatic heterocycles. The van der Waals surface area contributed by atoms with Gasteiger partial charge in [-0.1, -0.05) is 12.2 Å². The average Bonchev–Trinajstić information content (AvgIpc) is 2.37. The van der Waals surface area contributed by atoms with Crippen LogP contribution in [-0.4, -0.2) is 54.0 Å². The molecule has 1 fully saturated rings. The lowest BCUT2D eigenvalue weighted by Crippen LogP contribution is -2.60. The maximum atomic E-state index is 12.5. The third-order valence-electron chi connectivity index (χ3n) is 3.19. The number of carbonyl (C=O) groups excluding carboxylic acids is 2. The number of hydrogen-bond donors (Lipinski definition) is 2. The lowest BCUT2D eigenvalue weighted by atomic mass is 9.90. The van der Waals surface area contributed by atoms with E-state index in [9.17, 15) is 9.59 Å². The maximum absolute atomic E-state index is 12.5. The SMILES string of the molecule is CCNC(=O)C1COCCN1C(=O)C(C)(C)C(N)=S. The van der Waals surface area contributed by atoms with Crippen molar-refractivity contribution in [1.82, 2.24) is 10.2 Å². The van der Waals surface area contributed by atoms with Crippen molar-refractivity contribution in [3.8, 4) is 0 Å². The van der Waals surface area contributed by atoms with Crippen LogP contribution in [0.15, 0.2) is 0 Å². The molecule has 1 heterocycles. The fourth-order valence-electron chi connectivity index (χ4n) is 1.82. The van der Waals surface area contributed by atoms with E-state index < -0.39 is 11.5 Å². The molecule has 1 unspecified atom stereocenters. The van der Waals surface area contributed by atoms with Crippen LogP contribution in [-0.2, 0) is 14.3 Å². The molecule has 0 aliphatic carbocycles. The van der Waals surface area contributed by atoms with Gasteiger partial charge >= 0.3 is 0 Å². The normalized spacial score (nSPS) is 19.9. The molecule has 0 saturated carbocycles.